The molecular formula is C18H32O3. The highest BCUT2D eigenvalue weighted by Gasteiger charge is 2.63. The minimum Gasteiger partial charge on any atom is -0.434 e. The Labute approximate surface area is 129 Å². The van der Waals surface area contributed by atoms with Gasteiger partial charge in [-0.15, -0.1) is 0 Å². The van der Waals surface area contributed by atoms with E-state index < -0.39 is 6.16 Å². The first kappa shape index (κ1) is 16.6. The summed E-state index contributed by atoms with van der Waals surface area (Å²) in [7, 11) is 0. The molecular weight excluding hydrogens is 264 g/mol. The van der Waals surface area contributed by atoms with Crippen LogP contribution in [-0.2, 0) is 9.47 Å². The molecule has 1 saturated heterocycles. The lowest BCUT2D eigenvalue weighted by atomic mass is 9.42. The van der Waals surface area contributed by atoms with Gasteiger partial charge in [0.15, 0.2) is 0 Å². The van der Waals surface area contributed by atoms with Crippen LogP contribution in [-0.4, -0.2) is 18.9 Å². The largest absolute Gasteiger partial charge is 0.508 e. The number of hydrogen-bond acceptors (Lipinski definition) is 3. The monoisotopic (exact) mass is 296 g/mol. The van der Waals surface area contributed by atoms with E-state index >= 15 is 0 Å². The fourth-order valence-corrected chi connectivity index (χ4v) is 5.31. The van der Waals surface area contributed by atoms with Crippen molar-refractivity contribution in [3.63, 3.8) is 0 Å². The van der Waals surface area contributed by atoms with Crippen LogP contribution >= 0.6 is 0 Å². The van der Waals surface area contributed by atoms with Crippen LogP contribution in [0, 0.1) is 27.6 Å². The predicted octanol–water partition coefficient (Wildman–Crippen LogP) is 5.04. The van der Waals surface area contributed by atoms with E-state index in [0.717, 1.165) is 12.8 Å². The van der Waals surface area contributed by atoms with E-state index in [1.165, 1.54) is 0 Å². The lowest BCUT2D eigenvalue weighted by Crippen LogP contribution is -2.63. The number of fused-ring (bicyclic) bond motifs is 1. The normalized spacial score (nSPS) is 41.0. The van der Waals surface area contributed by atoms with Crippen LogP contribution in [0.4, 0.5) is 4.79 Å². The van der Waals surface area contributed by atoms with E-state index in [1.807, 2.05) is 0 Å². The molecule has 0 aromatic heterocycles. The highest BCUT2D eigenvalue weighted by atomic mass is 16.7. The van der Waals surface area contributed by atoms with Gasteiger partial charge in [-0.05, 0) is 35.0 Å². The quantitative estimate of drug-likeness (QED) is 0.588. The van der Waals surface area contributed by atoms with Crippen LogP contribution < -0.4 is 0 Å². The van der Waals surface area contributed by atoms with Gasteiger partial charge in [0.2, 0.25) is 0 Å². The maximum absolute atomic E-state index is 11.5. The van der Waals surface area contributed by atoms with Gasteiger partial charge in [-0.1, -0.05) is 55.4 Å². The first-order chi connectivity index (χ1) is 9.32. The molecule has 21 heavy (non-hydrogen) atoms. The first-order valence-corrected chi connectivity index (χ1v) is 8.16. The Kier molecular flexibility index (Phi) is 3.67. The Bertz CT molecular complexity index is 429. The van der Waals surface area contributed by atoms with Crippen LogP contribution in [0.5, 0.6) is 0 Å². The second-order valence-electron chi connectivity index (χ2n) is 9.66. The van der Waals surface area contributed by atoms with Crippen molar-refractivity contribution in [3.05, 3.63) is 0 Å². The zero-order valence-corrected chi connectivity index (χ0v) is 15.0. The molecule has 1 unspecified atom stereocenters. The van der Waals surface area contributed by atoms with Crippen LogP contribution in [0.1, 0.15) is 68.2 Å². The van der Waals surface area contributed by atoms with Gasteiger partial charge in [0.05, 0.1) is 0 Å². The summed E-state index contributed by atoms with van der Waals surface area (Å²) >= 11 is 0. The van der Waals surface area contributed by atoms with E-state index in [0.29, 0.717) is 12.5 Å². The number of carbonyl (C=O) groups excluding carboxylic acids is 1. The van der Waals surface area contributed by atoms with Gasteiger partial charge in [-0.2, -0.15) is 0 Å². The van der Waals surface area contributed by atoms with Crippen LogP contribution in [0.3, 0.4) is 0 Å². The van der Waals surface area contributed by atoms with Crippen molar-refractivity contribution in [2.75, 3.05) is 6.61 Å². The molecule has 3 nitrogen and oxygen atoms in total. The highest BCUT2D eigenvalue weighted by Crippen LogP contribution is 2.65. The van der Waals surface area contributed by atoms with Crippen molar-refractivity contribution < 1.29 is 14.3 Å². The zero-order valence-electron chi connectivity index (χ0n) is 15.0. The smallest absolute Gasteiger partial charge is 0.434 e. The Hall–Kier alpha value is -0.730. The molecule has 1 aliphatic carbocycles. The van der Waals surface area contributed by atoms with Crippen molar-refractivity contribution in [2.45, 2.75) is 74.3 Å². The molecule has 2 aliphatic rings. The molecule has 0 radical (unpaired) electrons. The first-order valence-electron chi connectivity index (χ1n) is 8.16. The predicted molar refractivity (Wildman–Crippen MR) is 84.1 cm³/mol. The van der Waals surface area contributed by atoms with E-state index in [9.17, 15) is 4.79 Å². The highest BCUT2D eigenvalue weighted by molar-refractivity contribution is 5.61. The Morgan fingerprint density at radius 2 is 1.67 bits per heavy atom. The van der Waals surface area contributed by atoms with Crippen molar-refractivity contribution in [1.82, 2.24) is 0 Å². The summed E-state index contributed by atoms with van der Waals surface area (Å²) in [4.78, 5) is 11.5. The third kappa shape index (κ3) is 2.47. The third-order valence-electron chi connectivity index (χ3n) is 6.28. The van der Waals surface area contributed by atoms with Crippen molar-refractivity contribution in [2.24, 2.45) is 27.6 Å². The molecule has 2 rings (SSSR count). The fourth-order valence-electron chi connectivity index (χ4n) is 5.31. The standard InChI is InChI=1S/C18H32O3/c1-15(2,3)13-17(7)11-20-14(19)21-12(17)9-10-18(13,8)16(4,5)6/h12-13H,9-11H2,1-8H3/t12-,13?,17-,18+/m1/s1. The topological polar surface area (TPSA) is 35.5 Å². The van der Waals surface area contributed by atoms with Crippen LogP contribution in [0.2, 0.25) is 0 Å². The number of carbonyl (C=O) groups is 1. The fraction of sp³-hybridized carbons (Fsp3) is 0.944. The minimum absolute atomic E-state index is 0.0154. The van der Waals surface area contributed by atoms with Gasteiger partial charge in [-0.3, -0.25) is 0 Å². The average molecular weight is 296 g/mol. The molecule has 0 aromatic rings. The summed E-state index contributed by atoms with van der Waals surface area (Å²) in [5.41, 5.74) is 0.388. The molecule has 0 N–H and O–H groups in total. The molecule has 3 heteroatoms. The summed E-state index contributed by atoms with van der Waals surface area (Å²) in [5, 5.41) is 0. The maximum Gasteiger partial charge on any atom is 0.508 e. The van der Waals surface area contributed by atoms with E-state index in [2.05, 4.69) is 55.4 Å². The van der Waals surface area contributed by atoms with Gasteiger partial charge >= 0.3 is 6.16 Å². The summed E-state index contributed by atoms with van der Waals surface area (Å²) in [6, 6.07) is 0. The molecule has 2 fully saturated rings. The summed E-state index contributed by atoms with van der Waals surface area (Å²) < 4.78 is 10.9. The van der Waals surface area contributed by atoms with Crippen molar-refractivity contribution in [3.8, 4) is 0 Å². The van der Waals surface area contributed by atoms with Gasteiger partial charge in [0.1, 0.15) is 12.7 Å². The molecule has 4 atom stereocenters. The number of rotatable bonds is 0. The second kappa shape index (κ2) is 4.63. The molecule has 1 heterocycles. The van der Waals surface area contributed by atoms with Gasteiger partial charge in [0.25, 0.3) is 0 Å². The molecule has 0 bridgehead atoms. The van der Waals surface area contributed by atoms with Crippen molar-refractivity contribution in [1.29, 1.82) is 0 Å². The van der Waals surface area contributed by atoms with Gasteiger partial charge in [-0.25, -0.2) is 4.79 Å². The van der Waals surface area contributed by atoms with Crippen LogP contribution in [0.25, 0.3) is 0 Å². The summed E-state index contributed by atoms with van der Waals surface area (Å²) in [6.07, 6.45) is 1.51. The molecule has 1 saturated carbocycles. The van der Waals surface area contributed by atoms with E-state index in [4.69, 9.17) is 9.47 Å². The Balaban J connectivity index is 2.52. The molecule has 122 valence electrons. The Morgan fingerprint density at radius 3 is 2.14 bits per heavy atom. The van der Waals surface area contributed by atoms with Gasteiger partial charge in [0, 0.05) is 5.41 Å². The average Bonchev–Trinajstić information content (AvgIpc) is 2.27. The SMILES string of the molecule is CC(C)(C)C1[C@]2(C)COC(=O)O[C@@H]2CC[C@]1(C)C(C)(C)C. The Morgan fingerprint density at radius 1 is 1.10 bits per heavy atom. The lowest BCUT2D eigenvalue weighted by Gasteiger charge is -2.64. The zero-order chi connectivity index (χ0) is 16.3. The number of cyclic esters (lactones) is 1. The maximum atomic E-state index is 11.5. The number of ether oxygens (including phenoxy) is 2. The van der Waals surface area contributed by atoms with Gasteiger partial charge < -0.3 is 9.47 Å². The number of hydrogen-bond donors (Lipinski definition) is 0. The molecule has 1 aliphatic heterocycles. The molecule has 0 aromatic carbocycles. The summed E-state index contributed by atoms with van der Waals surface area (Å²) in [6.45, 7) is 19.1. The van der Waals surface area contributed by atoms with E-state index in [-0.39, 0.29) is 27.8 Å². The molecule has 0 spiro atoms. The second-order valence-corrected chi connectivity index (χ2v) is 9.66. The van der Waals surface area contributed by atoms with E-state index in [1.54, 1.807) is 0 Å². The van der Waals surface area contributed by atoms with Crippen LogP contribution in [0.15, 0.2) is 0 Å². The molecule has 0 amide bonds. The minimum atomic E-state index is -0.496. The third-order valence-corrected chi connectivity index (χ3v) is 6.28. The van der Waals surface area contributed by atoms with Crippen molar-refractivity contribution >= 4 is 6.16 Å². The lowest BCUT2D eigenvalue weighted by molar-refractivity contribution is -0.223. The summed E-state index contributed by atoms with van der Waals surface area (Å²) in [5.74, 6) is 0.421.